The summed E-state index contributed by atoms with van der Waals surface area (Å²) in [5, 5.41) is 10.2. The molecule has 1 atom stereocenters. The summed E-state index contributed by atoms with van der Waals surface area (Å²) < 4.78 is 0. The average Bonchev–Trinajstić information content (AvgIpc) is 2.46. The molecule has 1 unspecified atom stereocenters. The predicted molar refractivity (Wildman–Crippen MR) is 50.1 cm³/mol. The molecule has 1 aliphatic carbocycles. The van der Waals surface area contributed by atoms with E-state index in [1.165, 1.54) is 5.56 Å². The molecule has 0 fully saturated rings. The van der Waals surface area contributed by atoms with Crippen molar-refractivity contribution in [1.82, 2.24) is 4.98 Å². The zero-order valence-electron chi connectivity index (χ0n) is 7.53. The topological polar surface area (TPSA) is 59.1 Å². The van der Waals surface area contributed by atoms with Gasteiger partial charge in [0.05, 0.1) is 5.69 Å². The fourth-order valence-corrected chi connectivity index (χ4v) is 2.00. The highest BCUT2D eigenvalue weighted by molar-refractivity contribution is 5.30. The molecule has 0 radical (unpaired) electrons. The van der Waals surface area contributed by atoms with E-state index in [-0.39, 0.29) is 0 Å². The van der Waals surface area contributed by atoms with E-state index in [4.69, 9.17) is 5.73 Å². The van der Waals surface area contributed by atoms with E-state index in [9.17, 15) is 5.11 Å². The van der Waals surface area contributed by atoms with Gasteiger partial charge >= 0.3 is 0 Å². The number of rotatable bonds is 2. The summed E-state index contributed by atoms with van der Waals surface area (Å²) in [6.07, 6.45) is 4.01. The molecule has 3 heteroatoms. The van der Waals surface area contributed by atoms with Crippen LogP contribution < -0.4 is 5.73 Å². The van der Waals surface area contributed by atoms with E-state index in [1.807, 2.05) is 12.1 Å². The van der Waals surface area contributed by atoms with Gasteiger partial charge in [-0.3, -0.25) is 4.98 Å². The average molecular weight is 178 g/mol. The molecule has 0 aliphatic heterocycles. The fraction of sp³-hybridized carbons (Fsp3) is 0.500. The first-order valence-electron chi connectivity index (χ1n) is 4.63. The van der Waals surface area contributed by atoms with Crippen LogP contribution in [0, 0.1) is 0 Å². The molecule has 70 valence electrons. The van der Waals surface area contributed by atoms with Crippen LogP contribution in [0.25, 0.3) is 0 Å². The fourth-order valence-electron chi connectivity index (χ4n) is 2.00. The highest BCUT2D eigenvalue weighted by Gasteiger charge is 2.36. The maximum atomic E-state index is 10.2. The van der Waals surface area contributed by atoms with Gasteiger partial charge < -0.3 is 10.8 Å². The monoisotopic (exact) mass is 178 g/mol. The Morgan fingerprint density at radius 3 is 3.23 bits per heavy atom. The van der Waals surface area contributed by atoms with Gasteiger partial charge in [-0.1, -0.05) is 6.07 Å². The van der Waals surface area contributed by atoms with Gasteiger partial charge in [-0.2, -0.15) is 0 Å². The summed E-state index contributed by atoms with van der Waals surface area (Å²) in [6.45, 7) is 0.506. The number of aryl methyl sites for hydroxylation is 1. The van der Waals surface area contributed by atoms with E-state index in [0.29, 0.717) is 13.0 Å². The molecule has 13 heavy (non-hydrogen) atoms. The lowest BCUT2D eigenvalue weighted by molar-refractivity contribution is 0.0281. The first kappa shape index (κ1) is 8.66. The second-order valence-corrected chi connectivity index (χ2v) is 3.58. The third-order valence-corrected chi connectivity index (χ3v) is 2.70. The molecular weight excluding hydrogens is 164 g/mol. The van der Waals surface area contributed by atoms with Gasteiger partial charge in [0.1, 0.15) is 5.60 Å². The second kappa shape index (κ2) is 3.09. The Labute approximate surface area is 77.6 Å². The standard InChI is InChI=1S/C10H14N2O/c11-6-5-10(13)4-3-8-2-1-7-12-9(8)10/h1-2,7,13H,3-6,11H2. The lowest BCUT2D eigenvalue weighted by Crippen LogP contribution is -2.26. The number of hydrogen-bond acceptors (Lipinski definition) is 3. The van der Waals surface area contributed by atoms with E-state index in [0.717, 1.165) is 18.5 Å². The predicted octanol–water partition coefficient (Wildman–Crippen LogP) is 0.564. The molecule has 0 bridgehead atoms. The summed E-state index contributed by atoms with van der Waals surface area (Å²) >= 11 is 0. The number of aliphatic hydroxyl groups is 1. The Kier molecular flexibility index (Phi) is 2.06. The Bertz CT molecular complexity index is 310. The zero-order chi connectivity index (χ0) is 9.31. The van der Waals surface area contributed by atoms with Crippen LogP contribution in [0.1, 0.15) is 24.1 Å². The van der Waals surface area contributed by atoms with E-state index in [1.54, 1.807) is 6.20 Å². The van der Waals surface area contributed by atoms with Crippen molar-refractivity contribution in [3.05, 3.63) is 29.6 Å². The zero-order valence-corrected chi connectivity index (χ0v) is 7.53. The van der Waals surface area contributed by atoms with Crippen molar-refractivity contribution in [2.45, 2.75) is 24.9 Å². The van der Waals surface area contributed by atoms with Gasteiger partial charge in [0, 0.05) is 6.20 Å². The Morgan fingerprint density at radius 1 is 1.62 bits per heavy atom. The third-order valence-electron chi connectivity index (χ3n) is 2.70. The number of fused-ring (bicyclic) bond motifs is 1. The maximum Gasteiger partial charge on any atom is 0.108 e. The lowest BCUT2D eigenvalue weighted by atomic mass is 9.97. The van der Waals surface area contributed by atoms with Crippen molar-refractivity contribution in [2.75, 3.05) is 6.54 Å². The number of nitrogens with zero attached hydrogens (tertiary/aromatic N) is 1. The van der Waals surface area contributed by atoms with Gasteiger partial charge in [0.25, 0.3) is 0 Å². The van der Waals surface area contributed by atoms with Crippen molar-refractivity contribution < 1.29 is 5.11 Å². The summed E-state index contributed by atoms with van der Waals surface area (Å²) in [6, 6.07) is 3.93. The van der Waals surface area contributed by atoms with Crippen molar-refractivity contribution in [3.63, 3.8) is 0 Å². The Hall–Kier alpha value is -0.930. The minimum absolute atomic E-state index is 0.506. The van der Waals surface area contributed by atoms with Crippen molar-refractivity contribution in [1.29, 1.82) is 0 Å². The van der Waals surface area contributed by atoms with Crippen molar-refractivity contribution in [2.24, 2.45) is 5.73 Å². The third kappa shape index (κ3) is 1.34. The first-order chi connectivity index (χ1) is 6.26. The first-order valence-corrected chi connectivity index (χ1v) is 4.63. The molecule has 3 N–H and O–H groups in total. The summed E-state index contributed by atoms with van der Waals surface area (Å²) in [7, 11) is 0. The van der Waals surface area contributed by atoms with Crippen LogP contribution in [0.15, 0.2) is 18.3 Å². The molecule has 0 saturated carbocycles. The van der Waals surface area contributed by atoms with Gasteiger partial charge in [-0.15, -0.1) is 0 Å². The van der Waals surface area contributed by atoms with E-state index >= 15 is 0 Å². The highest BCUT2D eigenvalue weighted by Crippen LogP contribution is 2.37. The number of aromatic nitrogens is 1. The molecule has 1 heterocycles. The van der Waals surface area contributed by atoms with Crippen LogP contribution in [0.2, 0.25) is 0 Å². The normalized spacial score (nSPS) is 26.0. The van der Waals surface area contributed by atoms with Gasteiger partial charge in [0.15, 0.2) is 0 Å². The quantitative estimate of drug-likeness (QED) is 0.695. The van der Waals surface area contributed by atoms with Crippen LogP contribution >= 0.6 is 0 Å². The van der Waals surface area contributed by atoms with Crippen LogP contribution in [0.5, 0.6) is 0 Å². The number of nitrogens with two attached hydrogens (primary N) is 1. The van der Waals surface area contributed by atoms with Crippen molar-refractivity contribution >= 4 is 0 Å². The lowest BCUT2D eigenvalue weighted by Gasteiger charge is -2.21. The van der Waals surface area contributed by atoms with Crippen molar-refractivity contribution in [3.8, 4) is 0 Å². The van der Waals surface area contributed by atoms with Crippen LogP contribution in [0.4, 0.5) is 0 Å². The summed E-state index contributed by atoms with van der Waals surface area (Å²) in [5.41, 5.74) is 6.70. The molecule has 0 aromatic carbocycles. The van der Waals surface area contributed by atoms with Crippen LogP contribution in [-0.2, 0) is 12.0 Å². The minimum atomic E-state index is -0.759. The smallest absolute Gasteiger partial charge is 0.108 e. The van der Waals surface area contributed by atoms with Gasteiger partial charge in [0.2, 0.25) is 0 Å². The van der Waals surface area contributed by atoms with E-state index < -0.39 is 5.60 Å². The molecule has 3 nitrogen and oxygen atoms in total. The molecule has 0 amide bonds. The Morgan fingerprint density at radius 2 is 2.46 bits per heavy atom. The molecule has 1 aromatic heterocycles. The molecular formula is C10H14N2O. The second-order valence-electron chi connectivity index (χ2n) is 3.58. The largest absolute Gasteiger partial charge is 0.383 e. The number of hydrogen-bond donors (Lipinski definition) is 2. The van der Waals surface area contributed by atoms with Gasteiger partial charge in [-0.05, 0) is 37.4 Å². The van der Waals surface area contributed by atoms with E-state index in [2.05, 4.69) is 4.98 Å². The van der Waals surface area contributed by atoms with Crippen LogP contribution in [0.3, 0.4) is 0 Å². The summed E-state index contributed by atoms with van der Waals surface area (Å²) in [4.78, 5) is 4.23. The molecule has 1 aliphatic rings. The molecule has 0 spiro atoms. The molecule has 1 aromatic rings. The van der Waals surface area contributed by atoms with Gasteiger partial charge in [-0.25, -0.2) is 0 Å². The molecule has 2 rings (SSSR count). The SMILES string of the molecule is NCCC1(O)CCc2cccnc21. The summed E-state index contributed by atoms with van der Waals surface area (Å²) in [5.74, 6) is 0. The van der Waals surface area contributed by atoms with Crippen LogP contribution in [-0.4, -0.2) is 16.6 Å². The Balaban J connectivity index is 2.37. The minimum Gasteiger partial charge on any atom is -0.383 e. The maximum absolute atomic E-state index is 10.2. The number of pyridine rings is 1. The molecule has 0 saturated heterocycles. The highest BCUT2D eigenvalue weighted by atomic mass is 16.3.